The quantitative estimate of drug-likeness (QED) is 0.831. The Kier molecular flexibility index (Phi) is 5.58. The Morgan fingerprint density at radius 1 is 1.19 bits per heavy atom. The molecule has 3 rings (SSSR count). The number of carbonyl (C=O) groups is 2. The predicted octanol–water partition coefficient (Wildman–Crippen LogP) is 2.74. The molecule has 1 saturated heterocycles. The van der Waals surface area contributed by atoms with Crippen molar-refractivity contribution in [1.82, 2.24) is 10.2 Å². The van der Waals surface area contributed by atoms with E-state index < -0.39 is 5.91 Å². The fourth-order valence-corrected chi connectivity index (χ4v) is 3.29. The van der Waals surface area contributed by atoms with Crippen LogP contribution in [0.4, 0.5) is 11.5 Å². The first-order chi connectivity index (χ1) is 12.4. The first kappa shape index (κ1) is 18.4. The van der Waals surface area contributed by atoms with Gasteiger partial charge in [-0.05, 0) is 43.2 Å². The molecule has 7 nitrogen and oxygen atoms in total. The van der Waals surface area contributed by atoms with Crippen molar-refractivity contribution < 1.29 is 9.59 Å². The number of carbonyl (C=O) groups excluding carboxylic acids is 2. The predicted molar refractivity (Wildman–Crippen MR) is 101 cm³/mol. The van der Waals surface area contributed by atoms with Gasteiger partial charge in [-0.3, -0.25) is 9.59 Å². The minimum absolute atomic E-state index is 0.112. The highest BCUT2D eigenvalue weighted by Gasteiger charge is 2.27. The van der Waals surface area contributed by atoms with E-state index in [0.29, 0.717) is 23.2 Å². The molecule has 1 atom stereocenters. The Bertz CT molecular complexity index is 828. The van der Waals surface area contributed by atoms with Crippen molar-refractivity contribution in [3.63, 3.8) is 0 Å². The van der Waals surface area contributed by atoms with Crippen LogP contribution in [0, 0.1) is 5.92 Å². The van der Waals surface area contributed by atoms with Crippen molar-refractivity contribution in [3.05, 3.63) is 46.1 Å². The monoisotopic (exact) mass is 393 g/mol. The molecule has 136 valence electrons. The SMILES string of the molecule is NC(=O)c1ccc(NC(=O)C2CCCN(c3ccc(Cl)nn3)C2)cc1Cl. The third-order valence-electron chi connectivity index (χ3n) is 4.24. The number of benzene rings is 1. The molecule has 9 heteroatoms. The summed E-state index contributed by atoms with van der Waals surface area (Å²) in [6, 6.07) is 8.09. The van der Waals surface area contributed by atoms with Crippen molar-refractivity contribution in [3.8, 4) is 0 Å². The molecule has 0 spiro atoms. The molecule has 0 saturated carbocycles. The fraction of sp³-hybridized carbons (Fsp3) is 0.294. The van der Waals surface area contributed by atoms with Crippen LogP contribution in [0.1, 0.15) is 23.2 Å². The maximum Gasteiger partial charge on any atom is 0.250 e. The Morgan fingerprint density at radius 3 is 2.65 bits per heavy atom. The Hall–Kier alpha value is -2.38. The molecule has 0 aliphatic carbocycles. The van der Waals surface area contributed by atoms with Crippen LogP contribution in [0.15, 0.2) is 30.3 Å². The summed E-state index contributed by atoms with van der Waals surface area (Å²) < 4.78 is 0. The third kappa shape index (κ3) is 4.23. The lowest BCUT2D eigenvalue weighted by Crippen LogP contribution is -2.41. The first-order valence-corrected chi connectivity index (χ1v) is 8.84. The van der Waals surface area contributed by atoms with Crippen LogP contribution in [0.25, 0.3) is 0 Å². The zero-order valence-electron chi connectivity index (χ0n) is 13.8. The van der Waals surface area contributed by atoms with Crippen molar-refractivity contribution in [2.75, 3.05) is 23.3 Å². The molecule has 0 bridgehead atoms. The number of nitrogens with one attached hydrogen (secondary N) is 1. The maximum absolute atomic E-state index is 12.6. The van der Waals surface area contributed by atoms with Crippen LogP contribution in [-0.4, -0.2) is 35.1 Å². The topological polar surface area (TPSA) is 101 Å². The molecular weight excluding hydrogens is 377 g/mol. The average molecular weight is 394 g/mol. The average Bonchev–Trinajstić information content (AvgIpc) is 2.62. The number of nitrogens with zero attached hydrogens (tertiary/aromatic N) is 3. The van der Waals surface area contributed by atoms with E-state index in [2.05, 4.69) is 15.5 Å². The lowest BCUT2D eigenvalue weighted by Gasteiger charge is -2.32. The van der Waals surface area contributed by atoms with Crippen LogP contribution in [0.2, 0.25) is 10.2 Å². The molecule has 1 aliphatic heterocycles. The van der Waals surface area contributed by atoms with Gasteiger partial charge in [-0.25, -0.2) is 0 Å². The molecule has 26 heavy (non-hydrogen) atoms. The highest BCUT2D eigenvalue weighted by molar-refractivity contribution is 6.34. The smallest absolute Gasteiger partial charge is 0.250 e. The summed E-state index contributed by atoms with van der Waals surface area (Å²) in [6.07, 6.45) is 1.64. The number of nitrogens with two attached hydrogens (primary N) is 1. The van der Waals surface area contributed by atoms with Crippen molar-refractivity contribution >= 4 is 46.5 Å². The largest absolute Gasteiger partial charge is 0.366 e. The lowest BCUT2D eigenvalue weighted by molar-refractivity contribution is -0.120. The number of hydrogen-bond acceptors (Lipinski definition) is 5. The van der Waals surface area contributed by atoms with Gasteiger partial charge in [0.15, 0.2) is 11.0 Å². The summed E-state index contributed by atoms with van der Waals surface area (Å²) >= 11 is 11.8. The molecule has 1 aliphatic rings. The Balaban J connectivity index is 1.67. The summed E-state index contributed by atoms with van der Waals surface area (Å²) in [5.74, 6) is -0.226. The molecule has 1 aromatic carbocycles. The van der Waals surface area contributed by atoms with Gasteiger partial charge < -0.3 is 16.0 Å². The highest BCUT2D eigenvalue weighted by Crippen LogP contribution is 2.25. The van der Waals surface area contributed by atoms with Gasteiger partial charge in [0.1, 0.15) is 0 Å². The van der Waals surface area contributed by atoms with E-state index in [9.17, 15) is 9.59 Å². The normalized spacial score (nSPS) is 17.0. The second-order valence-corrected chi connectivity index (χ2v) is 6.84. The standard InChI is InChI=1S/C17H17Cl2N5O2/c18-13-8-11(3-4-12(13)16(20)25)21-17(26)10-2-1-7-24(9-10)15-6-5-14(19)22-23-15/h3-6,8,10H,1-2,7,9H2,(H2,20,25)(H,21,26). The second kappa shape index (κ2) is 7.88. The number of amides is 2. The first-order valence-electron chi connectivity index (χ1n) is 8.08. The van der Waals surface area contributed by atoms with E-state index >= 15 is 0 Å². The zero-order valence-corrected chi connectivity index (χ0v) is 15.3. The summed E-state index contributed by atoms with van der Waals surface area (Å²) in [6.45, 7) is 1.34. The number of hydrogen-bond donors (Lipinski definition) is 2. The van der Waals surface area contributed by atoms with E-state index in [1.165, 1.54) is 12.1 Å². The van der Waals surface area contributed by atoms with Gasteiger partial charge in [-0.15, -0.1) is 10.2 Å². The summed E-state index contributed by atoms with van der Waals surface area (Å²) in [4.78, 5) is 25.8. The number of primary amides is 1. The summed E-state index contributed by atoms with van der Waals surface area (Å²) in [7, 11) is 0. The van der Waals surface area contributed by atoms with Crippen molar-refractivity contribution in [2.24, 2.45) is 11.7 Å². The van der Waals surface area contributed by atoms with E-state index in [4.69, 9.17) is 28.9 Å². The van der Waals surface area contributed by atoms with E-state index in [1.54, 1.807) is 18.2 Å². The van der Waals surface area contributed by atoms with Crippen molar-refractivity contribution in [2.45, 2.75) is 12.8 Å². The molecule has 2 amide bonds. The molecule has 0 radical (unpaired) electrons. The zero-order chi connectivity index (χ0) is 18.7. The van der Waals surface area contributed by atoms with Gasteiger partial charge in [0.2, 0.25) is 11.8 Å². The van der Waals surface area contributed by atoms with Gasteiger partial charge in [0, 0.05) is 18.8 Å². The summed E-state index contributed by atoms with van der Waals surface area (Å²) in [5.41, 5.74) is 5.97. The minimum Gasteiger partial charge on any atom is -0.366 e. The number of rotatable bonds is 4. The molecular formula is C17H17Cl2N5O2. The molecule has 1 aromatic heterocycles. The van der Waals surface area contributed by atoms with Crippen LogP contribution in [-0.2, 0) is 4.79 Å². The lowest BCUT2D eigenvalue weighted by atomic mass is 9.97. The number of piperidine rings is 1. The van der Waals surface area contributed by atoms with Crippen molar-refractivity contribution in [1.29, 1.82) is 0 Å². The summed E-state index contributed by atoms with van der Waals surface area (Å²) in [5, 5.41) is 11.3. The molecule has 1 unspecified atom stereocenters. The Labute approximate surface area is 160 Å². The van der Waals surface area contributed by atoms with E-state index in [0.717, 1.165) is 19.4 Å². The minimum atomic E-state index is -0.611. The molecule has 1 fully saturated rings. The number of aromatic nitrogens is 2. The maximum atomic E-state index is 12.6. The van der Waals surface area contributed by atoms with E-state index in [1.807, 2.05) is 4.90 Å². The second-order valence-electron chi connectivity index (χ2n) is 6.05. The van der Waals surface area contributed by atoms with Crippen LogP contribution in [0.3, 0.4) is 0 Å². The molecule has 2 heterocycles. The molecule has 3 N–H and O–H groups in total. The van der Waals surface area contributed by atoms with Gasteiger partial charge in [0.25, 0.3) is 0 Å². The van der Waals surface area contributed by atoms with Gasteiger partial charge in [0.05, 0.1) is 16.5 Å². The highest BCUT2D eigenvalue weighted by atomic mass is 35.5. The van der Waals surface area contributed by atoms with E-state index in [-0.39, 0.29) is 22.4 Å². The number of halogens is 2. The Morgan fingerprint density at radius 2 is 2.00 bits per heavy atom. The van der Waals surface area contributed by atoms with Gasteiger partial charge in [-0.2, -0.15) is 0 Å². The van der Waals surface area contributed by atoms with Crippen LogP contribution < -0.4 is 16.0 Å². The van der Waals surface area contributed by atoms with Gasteiger partial charge >= 0.3 is 0 Å². The molecule has 2 aromatic rings. The van der Waals surface area contributed by atoms with Crippen LogP contribution in [0.5, 0.6) is 0 Å². The van der Waals surface area contributed by atoms with Gasteiger partial charge in [-0.1, -0.05) is 23.2 Å². The van der Waals surface area contributed by atoms with Crippen LogP contribution >= 0.6 is 23.2 Å². The third-order valence-corrected chi connectivity index (χ3v) is 4.75. The number of anilines is 2. The fourth-order valence-electron chi connectivity index (χ4n) is 2.91.